The molecule has 0 saturated carbocycles. The molecule has 2 N–H and O–H groups in total. The number of hydrogen-bond donors (Lipinski definition) is 1. The summed E-state index contributed by atoms with van der Waals surface area (Å²) in [6.45, 7) is 7.94. The Balaban J connectivity index is 2.40. The minimum Gasteiger partial charge on any atom is -0.342 e. The summed E-state index contributed by atoms with van der Waals surface area (Å²) >= 11 is 0. The highest BCUT2D eigenvalue weighted by atomic mass is 16.2. The lowest BCUT2D eigenvalue weighted by Crippen LogP contribution is -2.44. The summed E-state index contributed by atoms with van der Waals surface area (Å²) < 4.78 is 0. The van der Waals surface area contributed by atoms with Gasteiger partial charge in [-0.3, -0.25) is 4.79 Å². The molecule has 1 aliphatic rings. The van der Waals surface area contributed by atoms with Gasteiger partial charge in [-0.15, -0.1) is 0 Å². The van der Waals surface area contributed by atoms with Gasteiger partial charge in [0.05, 0.1) is 0 Å². The van der Waals surface area contributed by atoms with E-state index >= 15 is 0 Å². The van der Waals surface area contributed by atoms with Crippen molar-refractivity contribution >= 4 is 5.91 Å². The SMILES string of the molecule is CCC(C)C(=O)N1CCC(C(C)N)CC1. The monoisotopic (exact) mass is 212 g/mol. The topological polar surface area (TPSA) is 46.3 Å². The molecule has 3 nitrogen and oxygen atoms in total. The van der Waals surface area contributed by atoms with E-state index in [1.165, 1.54) is 0 Å². The molecule has 0 aromatic rings. The molecule has 2 unspecified atom stereocenters. The molecular weight excluding hydrogens is 188 g/mol. The van der Waals surface area contributed by atoms with Crippen molar-refractivity contribution in [3.05, 3.63) is 0 Å². The maximum atomic E-state index is 11.9. The second-order valence-electron chi connectivity index (χ2n) is 4.83. The molecule has 1 fully saturated rings. The quantitative estimate of drug-likeness (QED) is 0.772. The van der Waals surface area contributed by atoms with Crippen LogP contribution < -0.4 is 5.73 Å². The van der Waals surface area contributed by atoms with Crippen molar-refractivity contribution < 1.29 is 4.79 Å². The molecule has 1 saturated heterocycles. The molecule has 1 amide bonds. The van der Waals surface area contributed by atoms with Gasteiger partial charge in [-0.25, -0.2) is 0 Å². The van der Waals surface area contributed by atoms with E-state index < -0.39 is 0 Å². The van der Waals surface area contributed by atoms with Gasteiger partial charge in [-0.1, -0.05) is 13.8 Å². The number of nitrogens with zero attached hydrogens (tertiary/aromatic N) is 1. The molecule has 0 aliphatic carbocycles. The third kappa shape index (κ3) is 3.20. The van der Waals surface area contributed by atoms with Crippen LogP contribution in [0.1, 0.15) is 40.0 Å². The maximum absolute atomic E-state index is 11.9. The normalized spacial score (nSPS) is 22.5. The van der Waals surface area contributed by atoms with Crippen LogP contribution >= 0.6 is 0 Å². The highest BCUT2D eigenvalue weighted by molar-refractivity contribution is 5.78. The summed E-state index contributed by atoms with van der Waals surface area (Å²) in [4.78, 5) is 13.9. The van der Waals surface area contributed by atoms with E-state index in [2.05, 4.69) is 13.8 Å². The van der Waals surface area contributed by atoms with Crippen molar-refractivity contribution in [1.29, 1.82) is 0 Å². The number of hydrogen-bond acceptors (Lipinski definition) is 2. The van der Waals surface area contributed by atoms with Crippen molar-refractivity contribution in [2.45, 2.75) is 46.1 Å². The van der Waals surface area contributed by atoms with Crippen molar-refractivity contribution in [3.8, 4) is 0 Å². The Hall–Kier alpha value is -0.570. The van der Waals surface area contributed by atoms with Crippen LogP contribution in [-0.4, -0.2) is 29.9 Å². The summed E-state index contributed by atoms with van der Waals surface area (Å²) in [5, 5.41) is 0. The van der Waals surface area contributed by atoms with Gasteiger partial charge in [-0.2, -0.15) is 0 Å². The third-order valence-corrected chi connectivity index (χ3v) is 3.63. The van der Waals surface area contributed by atoms with Crippen molar-refractivity contribution in [2.75, 3.05) is 13.1 Å². The highest BCUT2D eigenvalue weighted by Crippen LogP contribution is 2.21. The number of carbonyl (C=O) groups is 1. The van der Waals surface area contributed by atoms with Crippen LogP contribution in [0.15, 0.2) is 0 Å². The predicted molar refractivity (Wildman–Crippen MR) is 62.4 cm³/mol. The van der Waals surface area contributed by atoms with E-state index in [4.69, 9.17) is 5.73 Å². The van der Waals surface area contributed by atoms with Crippen LogP contribution in [0.4, 0.5) is 0 Å². The Morgan fingerprint density at radius 1 is 1.40 bits per heavy atom. The number of amides is 1. The number of nitrogens with two attached hydrogens (primary N) is 1. The van der Waals surface area contributed by atoms with Crippen molar-refractivity contribution in [2.24, 2.45) is 17.6 Å². The molecule has 0 aromatic heterocycles. The number of rotatable bonds is 3. The smallest absolute Gasteiger partial charge is 0.225 e. The summed E-state index contributed by atoms with van der Waals surface area (Å²) in [5.41, 5.74) is 5.87. The van der Waals surface area contributed by atoms with Gasteiger partial charge in [0.25, 0.3) is 0 Å². The Morgan fingerprint density at radius 2 is 1.93 bits per heavy atom. The molecule has 88 valence electrons. The average Bonchev–Trinajstić information content (AvgIpc) is 2.27. The second kappa shape index (κ2) is 5.50. The standard InChI is InChI=1S/C12H24N2O/c1-4-9(2)12(15)14-7-5-11(6-8-14)10(3)13/h9-11H,4-8,13H2,1-3H3. The van der Waals surface area contributed by atoms with E-state index in [-0.39, 0.29) is 12.0 Å². The largest absolute Gasteiger partial charge is 0.342 e. The van der Waals surface area contributed by atoms with Gasteiger partial charge in [0.2, 0.25) is 5.91 Å². The zero-order valence-electron chi connectivity index (χ0n) is 10.2. The molecule has 1 aliphatic heterocycles. The zero-order valence-corrected chi connectivity index (χ0v) is 10.2. The van der Waals surface area contributed by atoms with Crippen LogP contribution in [0.25, 0.3) is 0 Å². The van der Waals surface area contributed by atoms with Crippen LogP contribution in [0, 0.1) is 11.8 Å². The number of piperidine rings is 1. The Kier molecular flexibility index (Phi) is 4.58. The lowest BCUT2D eigenvalue weighted by atomic mass is 9.90. The molecule has 0 bridgehead atoms. The summed E-state index contributed by atoms with van der Waals surface area (Å²) in [7, 11) is 0. The van der Waals surface area contributed by atoms with E-state index in [9.17, 15) is 4.79 Å². The molecule has 0 spiro atoms. The fourth-order valence-electron chi connectivity index (χ4n) is 2.13. The van der Waals surface area contributed by atoms with Gasteiger partial charge < -0.3 is 10.6 Å². The highest BCUT2D eigenvalue weighted by Gasteiger charge is 2.26. The van der Waals surface area contributed by atoms with E-state index in [0.717, 1.165) is 32.4 Å². The molecule has 1 heterocycles. The molecule has 2 atom stereocenters. The number of carbonyl (C=O) groups excluding carboxylic acids is 1. The molecule has 1 rings (SSSR count). The van der Waals surface area contributed by atoms with Gasteiger partial charge in [-0.05, 0) is 32.1 Å². The van der Waals surface area contributed by atoms with Crippen molar-refractivity contribution in [3.63, 3.8) is 0 Å². The lowest BCUT2D eigenvalue weighted by molar-refractivity contribution is -0.136. The van der Waals surface area contributed by atoms with Gasteiger partial charge in [0.15, 0.2) is 0 Å². The Labute approximate surface area is 93.0 Å². The third-order valence-electron chi connectivity index (χ3n) is 3.63. The van der Waals surface area contributed by atoms with Crippen LogP contribution in [0.3, 0.4) is 0 Å². The van der Waals surface area contributed by atoms with Crippen molar-refractivity contribution in [1.82, 2.24) is 4.90 Å². The van der Waals surface area contributed by atoms with Gasteiger partial charge in [0.1, 0.15) is 0 Å². The molecule has 0 aromatic carbocycles. The van der Waals surface area contributed by atoms with E-state index in [0.29, 0.717) is 11.8 Å². The first kappa shape index (κ1) is 12.5. The van der Waals surface area contributed by atoms with Crippen LogP contribution in [0.2, 0.25) is 0 Å². The van der Waals surface area contributed by atoms with Crippen LogP contribution in [0.5, 0.6) is 0 Å². The van der Waals surface area contributed by atoms with E-state index in [1.807, 2.05) is 11.8 Å². The zero-order chi connectivity index (χ0) is 11.4. The van der Waals surface area contributed by atoms with Crippen LogP contribution in [-0.2, 0) is 4.79 Å². The average molecular weight is 212 g/mol. The first-order chi connectivity index (χ1) is 7.06. The van der Waals surface area contributed by atoms with Gasteiger partial charge in [0, 0.05) is 25.0 Å². The number of likely N-dealkylation sites (tertiary alicyclic amines) is 1. The van der Waals surface area contributed by atoms with E-state index in [1.54, 1.807) is 0 Å². The fraction of sp³-hybridized carbons (Fsp3) is 0.917. The minimum absolute atomic E-state index is 0.178. The molecule has 15 heavy (non-hydrogen) atoms. The first-order valence-corrected chi connectivity index (χ1v) is 6.10. The fourth-order valence-corrected chi connectivity index (χ4v) is 2.13. The lowest BCUT2D eigenvalue weighted by Gasteiger charge is -2.35. The minimum atomic E-state index is 0.178. The maximum Gasteiger partial charge on any atom is 0.225 e. The van der Waals surface area contributed by atoms with Gasteiger partial charge >= 0.3 is 0 Å². The second-order valence-corrected chi connectivity index (χ2v) is 4.83. The predicted octanol–water partition coefficient (Wildman–Crippen LogP) is 1.62. The Bertz CT molecular complexity index is 208. The molecular formula is C12H24N2O. The molecule has 3 heteroatoms. The summed E-state index contributed by atoms with van der Waals surface area (Å²) in [6, 6.07) is 0.269. The Morgan fingerprint density at radius 3 is 2.33 bits per heavy atom. The summed E-state index contributed by atoms with van der Waals surface area (Å²) in [5.74, 6) is 1.10. The first-order valence-electron chi connectivity index (χ1n) is 6.10. The molecule has 0 radical (unpaired) electrons. The summed E-state index contributed by atoms with van der Waals surface area (Å²) in [6.07, 6.45) is 3.08.